The number of nitrogens with two attached hydrogens (primary N) is 1. The molecule has 1 saturated heterocycles. The molecule has 2 saturated carbocycles. The maximum Gasteiger partial charge on any atom is 0.245 e. The largest absolute Gasteiger partial charge is 0.356 e. The standard InChI is InChI=1S/C36H48ClFN6O/c1-26-21-30(38)11-16-33(26)44(32-14-12-31(39)13-15-32)34(22-27-7-9-29(37)10-8-27)35(45)42-19-17-36(18-20-42,23-43-25-40-24-41-43)28-5-3-2-4-6-28/h7-11,16,21,24-25,28,31-32,34H,2-6,12-15,17-20,22-23,39H2,1H3/t31-,32-,34-/m1/s1. The zero-order chi connectivity index (χ0) is 31.4. The second-order valence-corrected chi connectivity index (χ2v) is 14.3. The third kappa shape index (κ3) is 7.38. The first-order valence-corrected chi connectivity index (χ1v) is 17.3. The van der Waals surface area contributed by atoms with Gasteiger partial charge in [0.25, 0.3) is 0 Å². The number of rotatable bonds is 9. The van der Waals surface area contributed by atoms with Crippen molar-refractivity contribution in [2.24, 2.45) is 17.1 Å². The Labute approximate surface area is 272 Å². The molecule has 0 radical (unpaired) electrons. The van der Waals surface area contributed by atoms with Crippen molar-refractivity contribution in [3.63, 3.8) is 0 Å². The van der Waals surface area contributed by atoms with Crippen molar-refractivity contribution in [3.05, 3.63) is 77.1 Å². The van der Waals surface area contributed by atoms with Crippen molar-refractivity contribution in [2.45, 2.75) is 109 Å². The van der Waals surface area contributed by atoms with Crippen LogP contribution in [0.5, 0.6) is 0 Å². The number of halogens is 2. The molecule has 9 heteroatoms. The molecule has 3 aromatic rings. The number of hydrogen-bond acceptors (Lipinski definition) is 5. The van der Waals surface area contributed by atoms with Gasteiger partial charge in [0.05, 0.1) is 0 Å². The van der Waals surface area contributed by atoms with Gasteiger partial charge in [-0.3, -0.25) is 9.48 Å². The molecule has 0 spiro atoms. The average Bonchev–Trinajstić information content (AvgIpc) is 3.57. The molecule has 1 aliphatic heterocycles. The van der Waals surface area contributed by atoms with E-state index in [0.29, 0.717) is 17.4 Å². The Hall–Kier alpha value is -2.97. The first kappa shape index (κ1) is 32.0. The highest BCUT2D eigenvalue weighted by atomic mass is 35.5. The van der Waals surface area contributed by atoms with Crippen molar-refractivity contribution < 1.29 is 9.18 Å². The monoisotopic (exact) mass is 634 g/mol. The average molecular weight is 635 g/mol. The normalized spacial score (nSPS) is 23.1. The third-order valence-corrected chi connectivity index (χ3v) is 11.3. The quantitative estimate of drug-likeness (QED) is 0.275. The minimum Gasteiger partial charge on any atom is -0.356 e. The fourth-order valence-electron chi connectivity index (χ4n) is 8.49. The zero-order valence-electron chi connectivity index (χ0n) is 26.6. The third-order valence-electron chi connectivity index (χ3n) is 11.0. The van der Waals surface area contributed by atoms with Gasteiger partial charge in [-0.05, 0) is 111 Å². The van der Waals surface area contributed by atoms with Crippen LogP contribution in [-0.2, 0) is 17.8 Å². The Morgan fingerprint density at radius 1 is 1.04 bits per heavy atom. The minimum atomic E-state index is -0.424. The highest BCUT2D eigenvalue weighted by molar-refractivity contribution is 6.30. The molecule has 0 unspecified atom stereocenters. The molecule has 242 valence electrons. The van der Waals surface area contributed by atoms with Crippen molar-refractivity contribution in [1.82, 2.24) is 19.7 Å². The molecule has 0 bridgehead atoms. The smallest absolute Gasteiger partial charge is 0.245 e. The lowest BCUT2D eigenvalue weighted by molar-refractivity contribution is -0.136. The van der Waals surface area contributed by atoms with Crippen LogP contribution in [0.15, 0.2) is 55.1 Å². The van der Waals surface area contributed by atoms with E-state index in [1.807, 2.05) is 48.3 Å². The van der Waals surface area contributed by atoms with E-state index in [-0.39, 0.29) is 29.2 Å². The summed E-state index contributed by atoms with van der Waals surface area (Å²) in [5.41, 5.74) is 9.31. The number of benzene rings is 2. The van der Waals surface area contributed by atoms with E-state index in [2.05, 4.69) is 19.9 Å². The van der Waals surface area contributed by atoms with Crippen LogP contribution in [-0.4, -0.2) is 56.8 Å². The van der Waals surface area contributed by atoms with Crippen LogP contribution in [0.25, 0.3) is 0 Å². The van der Waals surface area contributed by atoms with Crippen molar-refractivity contribution in [1.29, 1.82) is 0 Å². The van der Waals surface area contributed by atoms with Gasteiger partial charge in [0, 0.05) is 48.8 Å². The van der Waals surface area contributed by atoms with E-state index in [1.54, 1.807) is 12.4 Å². The number of likely N-dealkylation sites (tertiary alicyclic amines) is 1. The number of carbonyl (C=O) groups excluding carboxylic acids is 1. The van der Waals surface area contributed by atoms with Gasteiger partial charge >= 0.3 is 0 Å². The minimum absolute atomic E-state index is 0.114. The Morgan fingerprint density at radius 2 is 1.76 bits per heavy atom. The first-order valence-electron chi connectivity index (χ1n) is 17.0. The summed E-state index contributed by atoms with van der Waals surface area (Å²) in [7, 11) is 0. The summed E-state index contributed by atoms with van der Waals surface area (Å²) in [4.78, 5) is 23.6. The second-order valence-electron chi connectivity index (χ2n) is 13.9. The predicted octanol–water partition coefficient (Wildman–Crippen LogP) is 6.96. The number of hydrogen-bond donors (Lipinski definition) is 1. The van der Waals surface area contributed by atoms with Crippen LogP contribution in [0.3, 0.4) is 0 Å². The molecule has 2 aromatic carbocycles. The fraction of sp³-hybridized carbons (Fsp3) is 0.583. The first-order chi connectivity index (χ1) is 21.8. The maximum absolute atomic E-state index is 14.9. The lowest BCUT2D eigenvalue weighted by Crippen LogP contribution is -2.57. The topological polar surface area (TPSA) is 80.3 Å². The Balaban J connectivity index is 1.31. The summed E-state index contributed by atoms with van der Waals surface area (Å²) in [6.07, 6.45) is 16.0. The SMILES string of the molecule is Cc1cc(F)ccc1N([C@H]1CC[C@H](N)CC1)[C@H](Cc1ccc(Cl)cc1)C(=O)N1CCC(Cn2cncn2)(C2CCCCC2)CC1. The molecule has 6 rings (SSSR count). The van der Waals surface area contributed by atoms with Gasteiger partial charge in [-0.25, -0.2) is 9.37 Å². The van der Waals surface area contributed by atoms with E-state index in [0.717, 1.165) is 75.0 Å². The number of aryl methyl sites for hydroxylation is 1. The van der Waals surface area contributed by atoms with Crippen molar-refractivity contribution >= 4 is 23.2 Å². The van der Waals surface area contributed by atoms with E-state index in [4.69, 9.17) is 17.3 Å². The molecule has 45 heavy (non-hydrogen) atoms. The second kappa shape index (κ2) is 14.2. The van der Waals surface area contributed by atoms with Gasteiger partial charge in [-0.2, -0.15) is 5.10 Å². The highest BCUT2D eigenvalue weighted by Crippen LogP contribution is 2.47. The Bertz CT molecular complexity index is 1390. The maximum atomic E-state index is 14.9. The summed E-state index contributed by atoms with van der Waals surface area (Å²) < 4.78 is 16.4. The van der Waals surface area contributed by atoms with Gasteiger partial charge in [0.1, 0.15) is 24.5 Å². The van der Waals surface area contributed by atoms with Crippen LogP contribution in [0, 0.1) is 24.1 Å². The number of anilines is 1. The van der Waals surface area contributed by atoms with Gasteiger partial charge in [0.2, 0.25) is 5.91 Å². The molecule has 2 N–H and O–H groups in total. The van der Waals surface area contributed by atoms with Crippen molar-refractivity contribution in [3.8, 4) is 0 Å². The van der Waals surface area contributed by atoms with Gasteiger partial charge in [-0.15, -0.1) is 0 Å². The molecular weight excluding hydrogens is 587 g/mol. The van der Waals surface area contributed by atoms with Crippen LogP contribution >= 0.6 is 11.6 Å². The van der Waals surface area contributed by atoms with E-state index in [1.165, 1.54) is 38.2 Å². The number of carbonyl (C=O) groups is 1. The van der Waals surface area contributed by atoms with Gasteiger partial charge in [-0.1, -0.05) is 43.0 Å². The van der Waals surface area contributed by atoms with E-state index < -0.39 is 6.04 Å². The number of aromatic nitrogens is 3. The Morgan fingerprint density at radius 3 is 2.40 bits per heavy atom. The summed E-state index contributed by atoms with van der Waals surface area (Å²) in [6, 6.07) is 12.7. The molecule has 2 aliphatic carbocycles. The lowest BCUT2D eigenvalue weighted by Gasteiger charge is -2.49. The summed E-state index contributed by atoms with van der Waals surface area (Å²) >= 11 is 6.26. The molecule has 1 aromatic heterocycles. The van der Waals surface area contributed by atoms with Gasteiger partial charge < -0.3 is 15.5 Å². The molecule has 1 amide bonds. The van der Waals surface area contributed by atoms with Crippen molar-refractivity contribution in [2.75, 3.05) is 18.0 Å². The van der Waals surface area contributed by atoms with Crippen LogP contribution in [0.2, 0.25) is 5.02 Å². The van der Waals surface area contributed by atoms with E-state index in [9.17, 15) is 9.18 Å². The zero-order valence-corrected chi connectivity index (χ0v) is 27.3. The molecule has 2 heterocycles. The number of amides is 1. The molecule has 3 aliphatic rings. The van der Waals surface area contributed by atoms with Crippen LogP contribution in [0.1, 0.15) is 81.8 Å². The number of nitrogens with zero attached hydrogens (tertiary/aromatic N) is 5. The van der Waals surface area contributed by atoms with Crippen LogP contribution < -0.4 is 10.6 Å². The fourth-order valence-corrected chi connectivity index (χ4v) is 8.61. The van der Waals surface area contributed by atoms with E-state index >= 15 is 0 Å². The highest BCUT2D eigenvalue weighted by Gasteiger charge is 2.45. The molecular formula is C36H48ClFN6O. The molecule has 3 fully saturated rings. The Kier molecular flexibility index (Phi) is 10.1. The molecule has 1 atom stereocenters. The van der Waals surface area contributed by atoms with Gasteiger partial charge in [0.15, 0.2) is 0 Å². The number of piperidine rings is 1. The summed E-state index contributed by atoms with van der Waals surface area (Å²) in [6.45, 7) is 4.27. The molecule has 7 nitrogen and oxygen atoms in total. The predicted molar refractivity (Wildman–Crippen MR) is 178 cm³/mol. The van der Waals surface area contributed by atoms with Crippen LogP contribution in [0.4, 0.5) is 10.1 Å². The summed E-state index contributed by atoms with van der Waals surface area (Å²) in [5, 5.41) is 5.16. The lowest BCUT2D eigenvalue weighted by atomic mass is 9.63. The summed E-state index contributed by atoms with van der Waals surface area (Å²) in [5.74, 6) is 0.536.